The lowest BCUT2D eigenvalue weighted by atomic mass is 10.1. The Hall–Kier alpha value is -0.460. The average Bonchev–Trinajstić information content (AvgIpc) is 2.66. The van der Waals surface area contributed by atoms with E-state index in [1.807, 2.05) is 0 Å². The lowest BCUT2D eigenvalue weighted by Gasteiger charge is -2.01. The molecule has 0 saturated heterocycles. The summed E-state index contributed by atoms with van der Waals surface area (Å²) in [5.41, 5.74) is 8.36. The van der Waals surface area contributed by atoms with Gasteiger partial charge in [-0.1, -0.05) is 12.5 Å². The molecule has 0 radical (unpaired) electrons. The highest BCUT2D eigenvalue weighted by Gasteiger charge is 2.24. The molecule has 2 N–H and O–H groups in total. The van der Waals surface area contributed by atoms with Gasteiger partial charge >= 0.3 is 0 Å². The van der Waals surface area contributed by atoms with E-state index in [0.717, 1.165) is 18.0 Å². The fraction of sp³-hybridized carbons (Fsp3) is 0.750. The number of hydrogen-bond donors (Lipinski definition) is 1. The molecule has 0 bridgehead atoms. The summed E-state index contributed by atoms with van der Waals surface area (Å²) in [6, 6.07) is 0. The third-order valence-corrected chi connectivity index (χ3v) is 2.04. The van der Waals surface area contributed by atoms with E-state index in [0.29, 0.717) is 0 Å². The molecule has 0 aromatic carbocycles. The molecule has 1 aliphatic carbocycles. The molecule has 0 atom stereocenters. The quantitative estimate of drug-likeness (QED) is 0.600. The Balaban J connectivity index is 2.53. The van der Waals surface area contributed by atoms with Gasteiger partial charge < -0.3 is 5.73 Å². The molecule has 0 aromatic rings. The third kappa shape index (κ3) is 1.47. The van der Waals surface area contributed by atoms with Crippen molar-refractivity contribution in [1.82, 2.24) is 0 Å². The van der Waals surface area contributed by atoms with Crippen LogP contribution in [0.15, 0.2) is 11.3 Å². The molecule has 1 nitrogen and oxygen atoms in total. The first-order chi connectivity index (χ1) is 4.25. The van der Waals surface area contributed by atoms with Crippen LogP contribution in [0.3, 0.4) is 0 Å². The second-order valence-corrected chi connectivity index (χ2v) is 2.86. The van der Waals surface area contributed by atoms with Gasteiger partial charge in [-0.05, 0) is 32.1 Å². The smallest absolute Gasteiger partial charge is 0.0101 e. The maximum Gasteiger partial charge on any atom is 0.0101 e. The highest BCUT2D eigenvalue weighted by Crippen LogP contribution is 2.35. The van der Waals surface area contributed by atoms with Crippen molar-refractivity contribution < 1.29 is 0 Å². The first kappa shape index (κ1) is 6.66. The number of nitrogens with two attached hydrogens (primary N) is 1. The molecule has 0 aromatic heterocycles. The van der Waals surface area contributed by atoms with E-state index in [4.69, 9.17) is 5.73 Å². The SMILES string of the molecule is CC/C(C)=C(/N)C1CC1. The summed E-state index contributed by atoms with van der Waals surface area (Å²) < 4.78 is 0. The van der Waals surface area contributed by atoms with Crippen molar-refractivity contribution in [2.45, 2.75) is 33.1 Å². The maximum absolute atomic E-state index is 5.81. The first-order valence-corrected chi connectivity index (χ1v) is 3.70. The topological polar surface area (TPSA) is 26.0 Å². The van der Waals surface area contributed by atoms with E-state index in [-0.39, 0.29) is 0 Å². The van der Waals surface area contributed by atoms with Crippen molar-refractivity contribution in [3.63, 3.8) is 0 Å². The zero-order valence-electron chi connectivity index (χ0n) is 6.28. The summed E-state index contributed by atoms with van der Waals surface area (Å²) in [6.07, 6.45) is 3.76. The highest BCUT2D eigenvalue weighted by atomic mass is 14.6. The predicted molar refractivity (Wildman–Crippen MR) is 39.9 cm³/mol. The molecule has 1 aliphatic rings. The van der Waals surface area contributed by atoms with E-state index < -0.39 is 0 Å². The lowest BCUT2D eigenvalue weighted by Crippen LogP contribution is -2.02. The van der Waals surface area contributed by atoms with Crippen molar-refractivity contribution >= 4 is 0 Å². The molecule has 0 amide bonds. The van der Waals surface area contributed by atoms with Gasteiger partial charge in [0.05, 0.1) is 0 Å². The molecule has 9 heavy (non-hydrogen) atoms. The van der Waals surface area contributed by atoms with E-state index in [1.54, 1.807) is 0 Å². The molecular formula is C8H15N. The molecule has 1 fully saturated rings. The Morgan fingerprint density at radius 3 is 2.44 bits per heavy atom. The standard InChI is InChI=1S/C8H15N/c1-3-6(2)8(9)7-4-5-7/h7H,3-5,9H2,1-2H3/b8-6+. The van der Waals surface area contributed by atoms with Crippen LogP contribution in [0.5, 0.6) is 0 Å². The van der Waals surface area contributed by atoms with Gasteiger partial charge in [-0.25, -0.2) is 0 Å². The summed E-state index contributed by atoms with van der Waals surface area (Å²) in [5.74, 6) is 0.755. The van der Waals surface area contributed by atoms with Gasteiger partial charge in [-0.2, -0.15) is 0 Å². The van der Waals surface area contributed by atoms with Gasteiger partial charge in [0.1, 0.15) is 0 Å². The van der Waals surface area contributed by atoms with Gasteiger partial charge in [0.25, 0.3) is 0 Å². The summed E-state index contributed by atoms with van der Waals surface area (Å²) in [6.45, 7) is 4.29. The van der Waals surface area contributed by atoms with Crippen molar-refractivity contribution in [3.8, 4) is 0 Å². The van der Waals surface area contributed by atoms with E-state index in [9.17, 15) is 0 Å². The second kappa shape index (κ2) is 2.42. The van der Waals surface area contributed by atoms with Gasteiger partial charge in [0, 0.05) is 5.70 Å². The zero-order chi connectivity index (χ0) is 6.85. The molecule has 0 unspecified atom stereocenters. The van der Waals surface area contributed by atoms with Crippen LogP contribution in [0.1, 0.15) is 33.1 Å². The minimum atomic E-state index is 0.755. The highest BCUT2D eigenvalue weighted by molar-refractivity contribution is 5.15. The molecule has 0 heterocycles. The van der Waals surface area contributed by atoms with Crippen molar-refractivity contribution in [1.29, 1.82) is 0 Å². The fourth-order valence-corrected chi connectivity index (χ4v) is 0.947. The predicted octanol–water partition coefficient (Wildman–Crippen LogP) is 2.04. The number of allylic oxidation sites excluding steroid dienone is 2. The Labute approximate surface area is 56.9 Å². The van der Waals surface area contributed by atoms with Crippen LogP contribution in [0.4, 0.5) is 0 Å². The van der Waals surface area contributed by atoms with Gasteiger partial charge in [0.15, 0.2) is 0 Å². The second-order valence-electron chi connectivity index (χ2n) is 2.86. The first-order valence-electron chi connectivity index (χ1n) is 3.70. The molecule has 1 rings (SSSR count). The van der Waals surface area contributed by atoms with E-state index >= 15 is 0 Å². The fourth-order valence-electron chi connectivity index (χ4n) is 0.947. The average molecular weight is 125 g/mol. The molecule has 52 valence electrons. The Kier molecular flexibility index (Phi) is 1.79. The molecule has 1 heteroatoms. The van der Waals surface area contributed by atoms with E-state index in [2.05, 4.69) is 13.8 Å². The van der Waals surface area contributed by atoms with Crippen LogP contribution in [0.2, 0.25) is 0 Å². The van der Waals surface area contributed by atoms with Crippen LogP contribution >= 0.6 is 0 Å². The molecular weight excluding hydrogens is 110 g/mol. The van der Waals surface area contributed by atoms with Gasteiger partial charge in [-0.3, -0.25) is 0 Å². The summed E-state index contributed by atoms with van der Waals surface area (Å²) >= 11 is 0. The van der Waals surface area contributed by atoms with Crippen LogP contribution in [0.25, 0.3) is 0 Å². The Bertz CT molecular complexity index is 132. The molecule has 1 saturated carbocycles. The van der Waals surface area contributed by atoms with Crippen molar-refractivity contribution in [3.05, 3.63) is 11.3 Å². The minimum Gasteiger partial charge on any atom is -0.402 e. The minimum absolute atomic E-state index is 0.755. The molecule has 0 spiro atoms. The maximum atomic E-state index is 5.81. The lowest BCUT2D eigenvalue weighted by molar-refractivity contribution is 0.911. The normalized spacial score (nSPS) is 21.6. The monoisotopic (exact) mass is 125 g/mol. The summed E-state index contributed by atoms with van der Waals surface area (Å²) in [4.78, 5) is 0. The van der Waals surface area contributed by atoms with Crippen LogP contribution < -0.4 is 5.73 Å². The van der Waals surface area contributed by atoms with Crippen LogP contribution in [-0.2, 0) is 0 Å². The van der Waals surface area contributed by atoms with Crippen molar-refractivity contribution in [2.75, 3.05) is 0 Å². The van der Waals surface area contributed by atoms with Crippen molar-refractivity contribution in [2.24, 2.45) is 11.7 Å². The zero-order valence-corrected chi connectivity index (χ0v) is 6.28. The number of rotatable bonds is 2. The summed E-state index contributed by atoms with van der Waals surface area (Å²) in [7, 11) is 0. The summed E-state index contributed by atoms with van der Waals surface area (Å²) in [5, 5.41) is 0. The number of hydrogen-bond acceptors (Lipinski definition) is 1. The third-order valence-electron chi connectivity index (χ3n) is 2.04. The largest absolute Gasteiger partial charge is 0.402 e. The Morgan fingerprint density at radius 1 is 1.56 bits per heavy atom. The van der Waals surface area contributed by atoms with E-state index in [1.165, 1.54) is 18.4 Å². The van der Waals surface area contributed by atoms with Gasteiger partial charge in [-0.15, -0.1) is 0 Å². The van der Waals surface area contributed by atoms with Crippen LogP contribution in [0, 0.1) is 5.92 Å². The van der Waals surface area contributed by atoms with Gasteiger partial charge in [0.2, 0.25) is 0 Å². The van der Waals surface area contributed by atoms with Crippen LogP contribution in [-0.4, -0.2) is 0 Å². The molecule has 0 aliphatic heterocycles. The Morgan fingerprint density at radius 2 is 2.11 bits per heavy atom.